The molecule has 0 N–H and O–H groups in total. The number of carbonyl (C=O) groups excluding carboxylic acids is 2. The zero-order valence-corrected chi connectivity index (χ0v) is 16.2. The molecule has 1 aromatic heterocycles. The third-order valence-electron chi connectivity index (χ3n) is 3.22. The molecule has 0 unspecified atom stereocenters. The number of thiophene rings is 1. The van der Waals surface area contributed by atoms with E-state index in [2.05, 4.69) is 0 Å². The molecule has 1 aliphatic heterocycles. The fraction of sp³-hybridized carbons (Fsp3) is 0.556. The number of amides is 1. The second-order valence-corrected chi connectivity index (χ2v) is 6.98. The summed E-state index contributed by atoms with van der Waals surface area (Å²) in [6, 6.07) is 1.77. The van der Waals surface area contributed by atoms with Crippen LogP contribution in [0.15, 0.2) is 17.5 Å². The number of hydrogen-bond acceptors (Lipinski definition) is 5. The summed E-state index contributed by atoms with van der Waals surface area (Å²) in [7, 11) is 1.38. The monoisotopic (exact) mass is 353 g/mol. The quantitative estimate of drug-likeness (QED) is 0.730. The minimum absolute atomic E-state index is 0.304. The molecule has 0 aromatic carbocycles. The van der Waals surface area contributed by atoms with Gasteiger partial charge in [-0.1, -0.05) is 19.9 Å². The van der Waals surface area contributed by atoms with E-state index in [4.69, 9.17) is 9.47 Å². The van der Waals surface area contributed by atoms with Crippen molar-refractivity contribution in [3.63, 3.8) is 0 Å². The van der Waals surface area contributed by atoms with Crippen LogP contribution >= 0.6 is 11.3 Å². The highest BCUT2D eigenvalue weighted by molar-refractivity contribution is 7.11. The van der Waals surface area contributed by atoms with Gasteiger partial charge in [-0.15, -0.1) is 11.3 Å². The molecule has 1 amide bonds. The predicted octanol–water partition coefficient (Wildman–Crippen LogP) is 4.59. The smallest absolute Gasteiger partial charge is 0.410 e. The van der Waals surface area contributed by atoms with Crippen molar-refractivity contribution in [3.05, 3.63) is 28.0 Å². The van der Waals surface area contributed by atoms with Crippen molar-refractivity contribution in [2.24, 2.45) is 0 Å². The number of esters is 1. The zero-order valence-electron chi connectivity index (χ0n) is 15.3. The topological polar surface area (TPSA) is 55.8 Å². The number of nitrogens with zero attached hydrogens (tertiary/aromatic N) is 1. The van der Waals surface area contributed by atoms with Crippen LogP contribution in [0.3, 0.4) is 0 Å². The molecule has 6 heteroatoms. The van der Waals surface area contributed by atoms with Crippen molar-refractivity contribution >= 4 is 29.0 Å². The van der Waals surface area contributed by atoms with Gasteiger partial charge in [0.25, 0.3) is 0 Å². The molecule has 0 bridgehead atoms. The second kappa shape index (κ2) is 8.87. The van der Waals surface area contributed by atoms with E-state index in [1.54, 1.807) is 11.0 Å². The van der Waals surface area contributed by atoms with Gasteiger partial charge >= 0.3 is 12.1 Å². The highest BCUT2D eigenvalue weighted by Gasteiger charge is 2.25. The van der Waals surface area contributed by atoms with Crippen molar-refractivity contribution in [2.45, 2.75) is 46.6 Å². The normalized spacial score (nSPS) is 14.2. The molecular weight excluding hydrogens is 326 g/mol. The zero-order chi connectivity index (χ0) is 18.3. The summed E-state index contributed by atoms with van der Waals surface area (Å²) >= 11 is 1.52. The summed E-state index contributed by atoms with van der Waals surface area (Å²) in [6.07, 6.45) is 2.37. The Morgan fingerprint density at radius 2 is 1.92 bits per heavy atom. The standard InChI is InChI=1S/C16H21NO4S.C2H6/c1-16(2,3)21-15(19)17-8-5-11(6-9-17)13-12(7-10-22-13)14(18)20-4;1-2/h5,7,10H,6,8-9H2,1-4H3;1-2H3. The summed E-state index contributed by atoms with van der Waals surface area (Å²) < 4.78 is 10.2. The number of methoxy groups -OCH3 is 1. The Morgan fingerprint density at radius 3 is 2.42 bits per heavy atom. The molecule has 0 atom stereocenters. The minimum atomic E-state index is -0.493. The predicted molar refractivity (Wildman–Crippen MR) is 97.4 cm³/mol. The molecule has 0 spiro atoms. The van der Waals surface area contributed by atoms with Crippen molar-refractivity contribution < 1.29 is 19.1 Å². The Hall–Kier alpha value is -1.82. The van der Waals surface area contributed by atoms with Crippen molar-refractivity contribution in [2.75, 3.05) is 20.2 Å². The number of carbonyl (C=O) groups is 2. The van der Waals surface area contributed by atoms with Crippen LogP contribution in [0.25, 0.3) is 5.57 Å². The molecule has 134 valence electrons. The molecule has 0 aliphatic carbocycles. The average Bonchev–Trinajstić information content (AvgIpc) is 3.04. The van der Waals surface area contributed by atoms with Crippen LogP contribution in [0.5, 0.6) is 0 Å². The maximum absolute atomic E-state index is 12.0. The van der Waals surface area contributed by atoms with Gasteiger partial charge in [0.2, 0.25) is 0 Å². The van der Waals surface area contributed by atoms with Crippen LogP contribution in [0, 0.1) is 0 Å². The molecule has 0 radical (unpaired) electrons. The molecule has 5 nitrogen and oxygen atoms in total. The lowest BCUT2D eigenvalue weighted by atomic mass is 10.0. The van der Waals surface area contributed by atoms with Crippen LogP contribution < -0.4 is 0 Å². The van der Waals surface area contributed by atoms with Crippen LogP contribution in [0.1, 0.15) is 56.3 Å². The molecule has 0 fully saturated rings. The fourth-order valence-corrected chi connectivity index (χ4v) is 3.15. The van der Waals surface area contributed by atoms with Crippen LogP contribution in [0.2, 0.25) is 0 Å². The molecule has 24 heavy (non-hydrogen) atoms. The molecule has 1 aromatic rings. The molecule has 2 rings (SSSR count). The Balaban J connectivity index is 0.00000139. The van der Waals surface area contributed by atoms with Gasteiger partial charge < -0.3 is 14.4 Å². The van der Waals surface area contributed by atoms with E-state index in [9.17, 15) is 9.59 Å². The third-order valence-corrected chi connectivity index (χ3v) is 4.21. The Morgan fingerprint density at radius 1 is 1.25 bits per heavy atom. The van der Waals surface area contributed by atoms with Gasteiger partial charge in [-0.25, -0.2) is 9.59 Å². The fourth-order valence-electron chi connectivity index (χ4n) is 2.20. The molecule has 2 heterocycles. The summed E-state index contributed by atoms with van der Waals surface area (Å²) in [4.78, 5) is 26.4. The van der Waals surface area contributed by atoms with E-state index in [0.717, 1.165) is 10.5 Å². The maximum atomic E-state index is 12.0. The minimum Gasteiger partial charge on any atom is -0.465 e. The van der Waals surface area contributed by atoms with Crippen molar-refractivity contribution in [1.29, 1.82) is 0 Å². The van der Waals surface area contributed by atoms with Crippen molar-refractivity contribution in [1.82, 2.24) is 4.90 Å². The van der Waals surface area contributed by atoms with Gasteiger partial charge in [0, 0.05) is 18.0 Å². The summed E-state index contributed by atoms with van der Waals surface area (Å²) in [5.41, 5.74) is 1.17. The van der Waals surface area contributed by atoms with Gasteiger partial charge in [-0.2, -0.15) is 0 Å². The van der Waals surface area contributed by atoms with Crippen LogP contribution in [-0.2, 0) is 9.47 Å². The van der Waals surface area contributed by atoms with E-state index in [0.29, 0.717) is 25.1 Å². The SMILES string of the molecule is CC.COC(=O)c1ccsc1C1=CCN(C(=O)OC(C)(C)C)CC1. The lowest BCUT2D eigenvalue weighted by Crippen LogP contribution is -2.39. The largest absolute Gasteiger partial charge is 0.465 e. The summed E-state index contributed by atoms with van der Waals surface area (Å²) in [6.45, 7) is 10.6. The summed E-state index contributed by atoms with van der Waals surface area (Å²) in [5, 5.41) is 1.88. The summed E-state index contributed by atoms with van der Waals surface area (Å²) in [5.74, 6) is -0.327. The first kappa shape index (κ1) is 20.2. The van der Waals surface area contributed by atoms with E-state index in [-0.39, 0.29) is 12.1 Å². The van der Waals surface area contributed by atoms with E-state index in [1.165, 1.54) is 18.4 Å². The highest BCUT2D eigenvalue weighted by Crippen LogP contribution is 2.30. The third kappa shape index (κ3) is 5.37. The first-order valence-corrected chi connectivity index (χ1v) is 9.03. The van der Waals surface area contributed by atoms with Gasteiger partial charge in [-0.3, -0.25) is 0 Å². The van der Waals surface area contributed by atoms with Crippen LogP contribution in [0.4, 0.5) is 4.79 Å². The average molecular weight is 353 g/mol. The Bertz CT molecular complexity index is 598. The van der Waals surface area contributed by atoms with Crippen LogP contribution in [-0.4, -0.2) is 42.8 Å². The van der Waals surface area contributed by atoms with Crippen molar-refractivity contribution in [3.8, 4) is 0 Å². The molecule has 0 saturated carbocycles. The lowest BCUT2D eigenvalue weighted by Gasteiger charge is -2.29. The van der Waals surface area contributed by atoms with E-state index >= 15 is 0 Å². The van der Waals surface area contributed by atoms with E-state index in [1.807, 2.05) is 46.1 Å². The highest BCUT2D eigenvalue weighted by atomic mass is 32.1. The van der Waals surface area contributed by atoms with Gasteiger partial charge in [-0.05, 0) is 44.2 Å². The first-order valence-electron chi connectivity index (χ1n) is 8.15. The molecular formula is C18H27NO4S. The first-order chi connectivity index (χ1) is 11.3. The van der Waals surface area contributed by atoms with Gasteiger partial charge in [0.15, 0.2) is 0 Å². The van der Waals surface area contributed by atoms with Gasteiger partial charge in [0.1, 0.15) is 5.60 Å². The molecule has 0 saturated heterocycles. The number of rotatable bonds is 2. The number of ether oxygens (including phenoxy) is 2. The Kier molecular flexibility index (Phi) is 7.48. The molecule has 1 aliphatic rings. The lowest BCUT2D eigenvalue weighted by molar-refractivity contribution is 0.0270. The van der Waals surface area contributed by atoms with Gasteiger partial charge in [0.05, 0.1) is 12.7 Å². The maximum Gasteiger partial charge on any atom is 0.410 e. The van der Waals surface area contributed by atoms with E-state index < -0.39 is 5.60 Å². The Labute approximate surface area is 148 Å². The number of hydrogen-bond donors (Lipinski definition) is 0. The second-order valence-electron chi connectivity index (χ2n) is 6.06.